The lowest BCUT2D eigenvalue weighted by atomic mass is 9.93. The minimum Gasteiger partial charge on any atom is -0.385 e. The van der Waals surface area contributed by atoms with Gasteiger partial charge in [0.25, 0.3) is 0 Å². The highest BCUT2D eigenvalue weighted by molar-refractivity contribution is 5.44. The molecule has 0 spiro atoms. The predicted octanol–water partition coefficient (Wildman–Crippen LogP) is 3.87. The number of aryl methyl sites for hydroxylation is 1. The van der Waals surface area contributed by atoms with Gasteiger partial charge in [0.2, 0.25) is 0 Å². The summed E-state index contributed by atoms with van der Waals surface area (Å²) in [5.74, 6) is 2.59. The van der Waals surface area contributed by atoms with Crippen molar-refractivity contribution in [2.45, 2.75) is 26.2 Å². The average molecular weight is 227 g/mol. The Morgan fingerprint density at radius 1 is 1.12 bits per heavy atom. The zero-order chi connectivity index (χ0) is 11.7. The molecule has 1 saturated carbocycles. The molecular formula is C16H21N. The molecule has 1 N–H and O–H groups in total. The zero-order valence-corrected chi connectivity index (χ0v) is 10.5. The van der Waals surface area contributed by atoms with Crippen molar-refractivity contribution in [3.05, 3.63) is 42.0 Å². The monoisotopic (exact) mass is 227 g/mol. The summed E-state index contributed by atoms with van der Waals surface area (Å²) in [6, 6.07) is 8.87. The van der Waals surface area contributed by atoms with E-state index in [1.54, 1.807) is 0 Å². The molecule has 1 aromatic carbocycles. The van der Waals surface area contributed by atoms with E-state index in [9.17, 15) is 0 Å². The third-order valence-electron chi connectivity index (χ3n) is 4.35. The Kier molecular flexibility index (Phi) is 2.92. The van der Waals surface area contributed by atoms with Crippen LogP contribution < -0.4 is 5.32 Å². The van der Waals surface area contributed by atoms with Gasteiger partial charge in [-0.15, -0.1) is 0 Å². The molecule has 3 rings (SSSR count). The predicted molar refractivity (Wildman–Crippen MR) is 73.2 cm³/mol. The van der Waals surface area contributed by atoms with Gasteiger partial charge in [-0.1, -0.05) is 31.2 Å². The van der Waals surface area contributed by atoms with E-state index in [1.807, 2.05) is 0 Å². The second-order valence-corrected chi connectivity index (χ2v) is 5.47. The lowest BCUT2D eigenvalue weighted by Gasteiger charge is -2.19. The molecule has 1 fully saturated rings. The number of hydrogen-bond acceptors (Lipinski definition) is 1. The van der Waals surface area contributed by atoms with Crippen LogP contribution in [0.2, 0.25) is 0 Å². The third kappa shape index (κ3) is 2.24. The van der Waals surface area contributed by atoms with Crippen molar-refractivity contribution in [3.8, 4) is 0 Å². The van der Waals surface area contributed by atoms with Gasteiger partial charge in [-0.2, -0.15) is 0 Å². The van der Waals surface area contributed by atoms with Crippen LogP contribution in [-0.2, 0) is 6.42 Å². The normalized spacial score (nSPS) is 29.8. The van der Waals surface area contributed by atoms with Gasteiger partial charge in [-0.05, 0) is 54.7 Å². The Balaban J connectivity index is 1.55. The molecule has 0 aromatic heterocycles. The van der Waals surface area contributed by atoms with Crippen LogP contribution in [0.5, 0.6) is 0 Å². The highest BCUT2D eigenvalue weighted by atomic mass is 14.9. The van der Waals surface area contributed by atoms with Crippen molar-refractivity contribution in [3.63, 3.8) is 0 Å². The Bertz CT molecular complexity index is 404. The summed E-state index contributed by atoms with van der Waals surface area (Å²) in [5, 5.41) is 3.59. The molecule has 0 saturated heterocycles. The summed E-state index contributed by atoms with van der Waals surface area (Å²) in [6.45, 7) is 3.33. The number of benzene rings is 1. The molecule has 90 valence electrons. The Hall–Kier alpha value is -1.24. The Labute approximate surface area is 104 Å². The summed E-state index contributed by atoms with van der Waals surface area (Å²) in [6.07, 6.45) is 8.76. The number of fused-ring (bicyclic) bond motifs is 2. The third-order valence-corrected chi connectivity index (χ3v) is 4.35. The van der Waals surface area contributed by atoms with Gasteiger partial charge in [0.15, 0.2) is 0 Å². The van der Waals surface area contributed by atoms with E-state index < -0.39 is 0 Å². The first-order valence-corrected chi connectivity index (χ1v) is 6.86. The van der Waals surface area contributed by atoms with E-state index in [1.165, 1.54) is 24.1 Å². The van der Waals surface area contributed by atoms with Crippen LogP contribution in [0.3, 0.4) is 0 Å². The fourth-order valence-electron chi connectivity index (χ4n) is 3.24. The highest BCUT2D eigenvalue weighted by Gasteiger charge is 2.35. The summed E-state index contributed by atoms with van der Waals surface area (Å²) >= 11 is 0. The number of allylic oxidation sites excluding steroid dienone is 2. The summed E-state index contributed by atoms with van der Waals surface area (Å²) in [5.41, 5.74) is 2.69. The highest BCUT2D eigenvalue weighted by Crippen LogP contribution is 2.43. The topological polar surface area (TPSA) is 12.0 Å². The molecule has 1 nitrogen and oxygen atoms in total. The molecule has 2 bridgehead atoms. The summed E-state index contributed by atoms with van der Waals surface area (Å²) < 4.78 is 0. The first-order valence-electron chi connectivity index (χ1n) is 6.86. The summed E-state index contributed by atoms with van der Waals surface area (Å²) in [4.78, 5) is 0. The standard InChI is InChI=1S/C16H21N/c1-2-12-4-7-16(8-5-12)17-11-15-10-13-3-6-14(15)9-13/h3-8,13-15,17H,2,9-11H2,1H3. The van der Waals surface area contributed by atoms with Gasteiger partial charge < -0.3 is 5.32 Å². The second kappa shape index (κ2) is 4.56. The van der Waals surface area contributed by atoms with Crippen molar-refractivity contribution in [1.29, 1.82) is 0 Å². The van der Waals surface area contributed by atoms with Crippen LogP contribution in [-0.4, -0.2) is 6.54 Å². The number of anilines is 1. The molecule has 1 aromatic rings. The van der Waals surface area contributed by atoms with Crippen LogP contribution in [0.1, 0.15) is 25.3 Å². The van der Waals surface area contributed by atoms with Gasteiger partial charge in [-0.3, -0.25) is 0 Å². The van der Waals surface area contributed by atoms with Gasteiger partial charge in [0.1, 0.15) is 0 Å². The SMILES string of the molecule is CCc1ccc(NCC2CC3C=CC2C3)cc1. The maximum Gasteiger partial charge on any atom is 0.0340 e. The first kappa shape index (κ1) is 10.9. The smallest absolute Gasteiger partial charge is 0.0340 e. The molecule has 0 aliphatic heterocycles. The van der Waals surface area contributed by atoms with Crippen LogP contribution in [0.25, 0.3) is 0 Å². The van der Waals surface area contributed by atoms with E-state index in [0.717, 1.165) is 30.7 Å². The molecule has 3 atom stereocenters. The van der Waals surface area contributed by atoms with Crippen LogP contribution in [0.4, 0.5) is 5.69 Å². The van der Waals surface area contributed by atoms with Crippen molar-refractivity contribution >= 4 is 5.69 Å². The molecule has 0 radical (unpaired) electrons. The quantitative estimate of drug-likeness (QED) is 0.770. The van der Waals surface area contributed by atoms with Crippen molar-refractivity contribution in [1.82, 2.24) is 0 Å². The summed E-state index contributed by atoms with van der Waals surface area (Å²) in [7, 11) is 0. The number of hydrogen-bond donors (Lipinski definition) is 1. The van der Waals surface area contributed by atoms with Gasteiger partial charge in [-0.25, -0.2) is 0 Å². The Morgan fingerprint density at radius 2 is 1.94 bits per heavy atom. The molecular weight excluding hydrogens is 206 g/mol. The fourth-order valence-corrected chi connectivity index (χ4v) is 3.24. The molecule has 2 aliphatic rings. The van der Waals surface area contributed by atoms with E-state index in [0.29, 0.717) is 0 Å². The van der Waals surface area contributed by atoms with E-state index in [-0.39, 0.29) is 0 Å². The van der Waals surface area contributed by atoms with Crippen molar-refractivity contribution in [2.24, 2.45) is 17.8 Å². The molecule has 0 amide bonds. The van der Waals surface area contributed by atoms with E-state index in [4.69, 9.17) is 0 Å². The molecule has 17 heavy (non-hydrogen) atoms. The fraction of sp³-hybridized carbons (Fsp3) is 0.500. The minimum atomic E-state index is 0.849. The molecule has 1 heteroatoms. The zero-order valence-electron chi connectivity index (χ0n) is 10.5. The molecule has 3 unspecified atom stereocenters. The van der Waals surface area contributed by atoms with Crippen LogP contribution >= 0.6 is 0 Å². The second-order valence-electron chi connectivity index (χ2n) is 5.47. The molecule has 2 aliphatic carbocycles. The van der Waals surface area contributed by atoms with Crippen LogP contribution in [0, 0.1) is 17.8 Å². The van der Waals surface area contributed by atoms with Crippen molar-refractivity contribution < 1.29 is 0 Å². The maximum absolute atomic E-state index is 3.59. The minimum absolute atomic E-state index is 0.849. The largest absolute Gasteiger partial charge is 0.385 e. The van der Waals surface area contributed by atoms with Crippen LogP contribution in [0.15, 0.2) is 36.4 Å². The Morgan fingerprint density at radius 3 is 2.53 bits per heavy atom. The van der Waals surface area contributed by atoms with Crippen molar-refractivity contribution in [2.75, 3.05) is 11.9 Å². The first-order chi connectivity index (χ1) is 8.35. The lowest BCUT2D eigenvalue weighted by molar-refractivity contribution is 0.472. The molecule has 0 heterocycles. The number of nitrogens with one attached hydrogen (secondary N) is 1. The maximum atomic E-state index is 3.59. The van der Waals surface area contributed by atoms with Gasteiger partial charge >= 0.3 is 0 Å². The van der Waals surface area contributed by atoms with Gasteiger partial charge in [0.05, 0.1) is 0 Å². The number of rotatable bonds is 4. The van der Waals surface area contributed by atoms with Gasteiger partial charge in [0, 0.05) is 12.2 Å². The van der Waals surface area contributed by atoms with E-state index in [2.05, 4.69) is 48.7 Å². The van der Waals surface area contributed by atoms with E-state index >= 15 is 0 Å². The lowest BCUT2D eigenvalue weighted by Crippen LogP contribution is -2.18. The average Bonchev–Trinajstić information content (AvgIpc) is 2.99.